The van der Waals surface area contributed by atoms with Crippen LogP contribution in [0.1, 0.15) is 11.1 Å². The molecule has 0 fully saturated rings. The van der Waals surface area contributed by atoms with Gasteiger partial charge in [-0.15, -0.1) is 0 Å². The summed E-state index contributed by atoms with van der Waals surface area (Å²) in [5, 5.41) is 25.2. The molecule has 0 radical (unpaired) electrons. The number of nitrogens with zero attached hydrogens (tertiary/aromatic N) is 19. The second-order valence-corrected chi connectivity index (χ2v) is 31.7. The first-order valence-corrected chi connectivity index (χ1v) is 42.9. The number of aromatic nitrogens is 17. The first-order valence-electron chi connectivity index (χ1n) is 42.9. The van der Waals surface area contributed by atoms with E-state index in [0.717, 1.165) is 122 Å². The smallest absolute Gasteiger partial charge is 0.166 e. The van der Waals surface area contributed by atoms with Gasteiger partial charge in [0.05, 0.1) is 56.7 Å². The van der Waals surface area contributed by atoms with Crippen molar-refractivity contribution in [3.8, 4) is 205 Å². The largest absolute Gasteiger partial charge is 0.308 e. The van der Waals surface area contributed by atoms with Gasteiger partial charge in [-0.3, -0.25) is 0 Å². The first kappa shape index (κ1) is 77.9. The average Bonchev–Trinajstić information content (AvgIpc) is 1.58. The van der Waals surface area contributed by atoms with Crippen molar-refractivity contribution in [2.24, 2.45) is 0 Å². The van der Waals surface area contributed by atoms with Crippen molar-refractivity contribution in [1.82, 2.24) is 83.9 Å². The standard InChI is InChI=1S/C113H67N19/c114-68-70-29-28-48-81(61-70)82-50-56-98(132-95-59-53-85(110-124-103(76-38-18-5-19-39-76)118-104(125-110)77-40-20-6-21-41-77)66-89(95)90-67-86(54-60-96(90)132)111-126-105(78-42-22-7-23-43-78)119-106(127-111)79-44-24-8-25-45-79)92(63-82)113-129-107(80-46-26-9-27-47-80)128-112(130-113)91-62-71(69-115)49-55-97(91)131-93-57-51-83(108-120-99(72-30-10-1-11-31-72)116-100(121-108)73-32-12-2-13-33-73)64-87(93)88-65-84(52-58-94(88)131)109-122-101(74-34-14-3-15-35-74)117-102(123-109)75-36-16-4-17-37-75/h1-67H. The molecule has 0 amide bonds. The lowest BCUT2D eigenvalue weighted by Gasteiger charge is -2.18. The van der Waals surface area contributed by atoms with E-state index in [1.54, 1.807) is 6.07 Å². The van der Waals surface area contributed by atoms with E-state index in [4.69, 9.17) is 74.8 Å². The Morgan fingerprint density at radius 1 is 0.152 bits per heavy atom. The minimum absolute atomic E-state index is 0.261. The fourth-order valence-electron chi connectivity index (χ4n) is 17.0. The Morgan fingerprint density at radius 2 is 0.348 bits per heavy atom. The minimum atomic E-state index is 0.261. The quantitative estimate of drug-likeness (QED) is 0.0774. The summed E-state index contributed by atoms with van der Waals surface area (Å²) >= 11 is 0. The summed E-state index contributed by atoms with van der Waals surface area (Å²) in [7, 11) is 0. The Labute approximate surface area is 756 Å². The van der Waals surface area contributed by atoms with Crippen molar-refractivity contribution in [3.63, 3.8) is 0 Å². The topological polar surface area (TPSA) is 251 Å². The summed E-state index contributed by atoms with van der Waals surface area (Å²) in [6, 6.07) is 139. The fraction of sp³-hybridized carbons (Fsp3) is 0. The van der Waals surface area contributed by atoms with Gasteiger partial charge in [0.1, 0.15) is 0 Å². The van der Waals surface area contributed by atoms with Crippen molar-refractivity contribution in [2.45, 2.75) is 0 Å². The third-order valence-electron chi connectivity index (χ3n) is 23.4. The SMILES string of the molecule is N#Cc1cccc(-c2ccc(-n3c4ccc(-c5nc(-c6ccccc6)nc(-c6ccccc6)n5)cc4c4cc(-c5nc(-c6ccccc6)nc(-c6ccccc6)n5)ccc43)c(-c3nc(-c4ccccc4)nc(-c4cc(C#N)ccc4-n4c5ccc(-c6nc(-c7ccccc7)nc(-c7ccccc7)n6)cc5c5cc(-c6nc(-c7ccccc7)nc(-c7ccccc7)n6)ccc54)n3)c2)c1. The Morgan fingerprint density at radius 3 is 0.606 bits per heavy atom. The van der Waals surface area contributed by atoms with E-state index >= 15 is 0 Å². The number of rotatable bonds is 18. The van der Waals surface area contributed by atoms with Crippen LogP contribution < -0.4 is 0 Å². The molecule has 0 aliphatic carbocycles. The molecule has 614 valence electrons. The molecule has 132 heavy (non-hydrogen) atoms. The molecule has 0 N–H and O–H groups in total. The second-order valence-electron chi connectivity index (χ2n) is 31.7. The van der Waals surface area contributed by atoms with Crippen molar-refractivity contribution in [2.75, 3.05) is 0 Å². The second kappa shape index (κ2) is 33.6. The third-order valence-corrected chi connectivity index (χ3v) is 23.4. The zero-order chi connectivity index (χ0) is 88.0. The summed E-state index contributed by atoms with van der Waals surface area (Å²) < 4.78 is 4.45. The van der Waals surface area contributed by atoms with Gasteiger partial charge in [0.2, 0.25) is 0 Å². The molecule has 7 aromatic heterocycles. The van der Waals surface area contributed by atoms with Crippen molar-refractivity contribution in [3.05, 3.63) is 418 Å². The predicted octanol–water partition coefficient (Wildman–Crippen LogP) is 25.2. The summed E-state index contributed by atoms with van der Waals surface area (Å²) in [5.74, 6) is 6.91. The van der Waals surface area contributed by atoms with Crippen LogP contribution in [0.25, 0.3) is 237 Å². The maximum atomic E-state index is 11.3. The van der Waals surface area contributed by atoms with Crippen LogP contribution in [-0.2, 0) is 0 Å². The van der Waals surface area contributed by atoms with E-state index in [-0.39, 0.29) is 5.82 Å². The summed E-state index contributed by atoms with van der Waals surface area (Å²) in [5.41, 5.74) is 18.4. The van der Waals surface area contributed by atoms with Gasteiger partial charge >= 0.3 is 0 Å². The molecule has 0 aliphatic heterocycles. The number of hydrogen-bond acceptors (Lipinski definition) is 17. The maximum absolute atomic E-state index is 11.3. The van der Waals surface area contributed by atoms with Crippen LogP contribution in [0.5, 0.6) is 0 Å². The van der Waals surface area contributed by atoms with E-state index in [1.165, 1.54) is 0 Å². The first-order chi connectivity index (χ1) is 65.3. The number of nitriles is 2. The maximum Gasteiger partial charge on any atom is 0.166 e. The van der Waals surface area contributed by atoms with Gasteiger partial charge in [-0.2, -0.15) is 10.5 Å². The van der Waals surface area contributed by atoms with Crippen LogP contribution in [0.3, 0.4) is 0 Å². The predicted molar refractivity (Wildman–Crippen MR) is 518 cm³/mol. The zero-order valence-electron chi connectivity index (χ0n) is 70.2. The van der Waals surface area contributed by atoms with E-state index in [9.17, 15) is 10.5 Å². The molecule has 16 aromatic carbocycles. The van der Waals surface area contributed by atoms with E-state index < -0.39 is 0 Å². The van der Waals surface area contributed by atoms with E-state index in [0.29, 0.717) is 121 Å². The molecule has 23 aromatic rings. The minimum Gasteiger partial charge on any atom is -0.308 e. The number of fused-ring (bicyclic) bond motifs is 6. The van der Waals surface area contributed by atoms with Crippen LogP contribution in [0.2, 0.25) is 0 Å². The normalized spacial score (nSPS) is 11.3. The lowest BCUT2D eigenvalue weighted by Crippen LogP contribution is -2.06. The highest BCUT2D eigenvalue weighted by molar-refractivity contribution is 6.14. The molecule has 0 spiro atoms. The third kappa shape index (κ3) is 14.9. The Balaban J connectivity index is 0.764. The molecule has 7 heterocycles. The van der Waals surface area contributed by atoms with Gasteiger partial charge < -0.3 is 9.13 Å². The average molecular weight is 1690 g/mol. The van der Waals surface area contributed by atoms with E-state index in [2.05, 4.69) is 100 Å². The summed E-state index contributed by atoms with van der Waals surface area (Å²) in [4.78, 5) is 79.4. The van der Waals surface area contributed by atoms with Gasteiger partial charge in [0, 0.05) is 105 Å². The summed E-state index contributed by atoms with van der Waals surface area (Å²) in [6.07, 6.45) is 0. The highest BCUT2D eigenvalue weighted by Crippen LogP contribution is 2.45. The molecule has 0 saturated carbocycles. The van der Waals surface area contributed by atoms with Gasteiger partial charge in [0.25, 0.3) is 0 Å². The Hall–Kier alpha value is -18.9. The molecule has 19 heteroatoms. The fourth-order valence-corrected chi connectivity index (χ4v) is 17.0. The molecule has 0 saturated heterocycles. The van der Waals surface area contributed by atoms with E-state index in [1.807, 2.05) is 322 Å². The van der Waals surface area contributed by atoms with Crippen molar-refractivity contribution >= 4 is 43.6 Å². The highest BCUT2D eigenvalue weighted by atomic mass is 15.1. The van der Waals surface area contributed by atoms with Crippen molar-refractivity contribution < 1.29 is 0 Å². The molecule has 0 unspecified atom stereocenters. The molecular weight excluding hydrogens is 1620 g/mol. The van der Waals surface area contributed by atoms with Crippen LogP contribution in [0.4, 0.5) is 0 Å². The molecule has 19 nitrogen and oxygen atoms in total. The number of benzene rings is 16. The lowest BCUT2D eigenvalue weighted by atomic mass is 9.99. The van der Waals surface area contributed by atoms with Gasteiger partial charge in [-0.25, -0.2) is 74.8 Å². The van der Waals surface area contributed by atoms with Crippen molar-refractivity contribution in [1.29, 1.82) is 10.5 Å². The van der Waals surface area contributed by atoms with Crippen LogP contribution in [-0.4, -0.2) is 83.9 Å². The lowest BCUT2D eigenvalue weighted by molar-refractivity contribution is 1.06. The molecular formula is C113H67N19. The number of hydrogen-bond donors (Lipinski definition) is 0. The van der Waals surface area contributed by atoms with Crippen LogP contribution in [0.15, 0.2) is 406 Å². The molecule has 0 aliphatic rings. The zero-order valence-corrected chi connectivity index (χ0v) is 70.2. The molecule has 0 atom stereocenters. The summed E-state index contributed by atoms with van der Waals surface area (Å²) in [6.45, 7) is 0. The Bertz CT molecular complexity index is 7910. The van der Waals surface area contributed by atoms with Gasteiger partial charge in [-0.05, 0) is 126 Å². The van der Waals surface area contributed by atoms with Crippen LogP contribution in [0, 0.1) is 22.7 Å². The Kier molecular flexibility index (Phi) is 19.8. The highest BCUT2D eigenvalue weighted by Gasteiger charge is 2.28. The van der Waals surface area contributed by atoms with Gasteiger partial charge in [-0.1, -0.05) is 291 Å². The molecule has 23 rings (SSSR count). The monoisotopic (exact) mass is 1690 g/mol. The molecule has 0 bridgehead atoms. The van der Waals surface area contributed by atoms with Gasteiger partial charge in [0.15, 0.2) is 87.4 Å². The van der Waals surface area contributed by atoms with Crippen LogP contribution >= 0.6 is 0 Å².